The Morgan fingerprint density at radius 3 is 2.33 bits per heavy atom. The number of likely N-dealkylation sites (tertiary alicyclic amines) is 1. The molecule has 2 aromatic rings. The van der Waals surface area contributed by atoms with Gasteiger partial charge in [-0.15, -0.1) is 11.8 Å². The summed E-state index contributed by atoms with van der Waals surface area (Å²) in [5.41, 5.74) is 2.54. The molecule has 0 spiro atoms. The summed E-state index contributed by atoms with van der Waals surface area (Å²) in [6, 6.07) is 17.5. The fourth-order valence-electron chi connectivity index (χ4n) is 4.41. The van der Waals surface area contributed by atoms with E-state index in [1.807, 2.05) is 58.3 Å². The highest BCUT2D eigenvalue weighted by molar-refractivity contribution is 8.00. The first-order valence-corrected chi connectivity index (χ1v) is 12.6. The topological polar surface area (TPSA) is 67.6 Å². The molecule has 2 amide bonds. The highest BCUT2D eigenvalue weighted by Crippen LogP contribution is 2.25. The average molecular weight is 463 g/mol. The van der Waals surface area contributed by atoms with Crippen molar-refractivity contribution in [2.45, 2.75) is 30.7 Å². The van der Waals surface area contributed by atoms with Crippen molar-refractivity contribution in [1.82, 2.24) is 14.7 Å². The number of carbonyl (C=O) groups is 2. The number of amides is 2. The summed E-state index contributed by atoms with van der Waals surface area (Å²) in [6.07, 6.45) is 3.09. The lowest BCUT2D eigenvalue weighted by Gasteiger charge is -2.23. The molecule has 6 nitrogen and oxygen atoms in total. The Morgan fingerprint density at radius 2 is 1.58 bits per heavy atom. The number of benzene rings is 2. The van der Waals surface area contributed by atoms with E-state index < -0.39 is 0 Å². The highest BCUT2D eigenvalue weighted by atomic mass is 32.2. The Morgan fingerprint density at radius 1 is 0.848 bits per heavy atom. The largest absolute Gasteiger partial charge is 0.342 e. The third-order valence-corrected chi connectivity index (χ3v) is 7.35. The number of nitriles is 1. The molecule has 7 heteroatoms. The molecule has 2 aliphatic heterocycles. The lowest BCUT2D eigenvalue weighted by Crippen LogP contribution is -2.35. The van der Waals surface area contributed by atoms with Gasteiger partial charge in [0.05, 0.1) is 22.9 Å². The number of nitrogens with zero attached hydrogens (tertiary/aromatic N) is 4. The van der Waals surface area contributed by atoms with Crippen LogP contribution in [0.25, 0.3) is 0 Å². The van der Waals surface area contributed by atoms with Crippen molar-refractivity contribution >= 4 is 23.6 Å². The molecule has 0 saturated carbocycles. The number of rotatable bonds is 6. The number of hydrogen-bond acceptors (Lipinski definition) is 5. The zero-order valence-electron chi connectivity index (χ0n) is 18.9. The summed E-state index contributed by atoms with van der Waals surface area (Å²) in [4.78, 5) is 33.0. The summed E-state index contributed by atoms with van der Waals surface area (Å²) in [6.45, 7) is 5.69. The molecule has 2 aliphatic rings. The normalized spacial score (nSPS) is 16.9. The van der Waals surface area contributed by atoms with Crippen LogP contribution in [0.1, 0.15) is 40.7 Å². The molecule has 0 aromatic heterocycles. The van der Waals surface area contributed by atoms with Gasteiger partial charge in [0.1, 0.15) is 0 Å². The monoisotopic (exact) mass is 462 g/mol. The third-order valence-electron chi connectivity index (χ3n) is 6.29. The molecule has 0 unspecified atom stereocenters. The quantitative estimate of drug-likeness (QED) is 0.614. The van der Waals surface area contributed by atoms with Crippen molar-refractivity contribution in [1.29, 1.82) is 5.26 Å². The molecule has 2 aromatic carbocycles. The van der Waals surface area contributed by atoms with Gasteiger partial charge >= 0.3 is 0 Å². The Balaban J connectivity index is 1.35. The molecule has 4 rings (SSSR count). The first-order valence-electron chi connectivity index (χ1n) is 11.6. The molecular formula is C26H30N4O2S. The first-order chi connectivity index (χ1) is 16.1. The maximum atomic E-state index is 13.4. The van der Waals surface area contributed by atoms with E-state index in [9.17, 15) is 9.59 Å². The van der Waals surface area contributed by atoms with Crippen LogP contribution in [-0.2, 0) is 11.3 Å². The van der Waals surface area contributed by atoms with E-state index in [0.29, 0.717) is 23.4 Å². The molecule has 2 saturated heterocycles. The third kappa shape index (κ3) is 6.16. The van der Waals surface area contributed by atoms with Crippen molar-refractivity contribution in [3.05, 3.63) is 65.2 Å². The van der Waals surface area contributed by atoms with Gasteiger partial charge in [-0.25, -0.2) is 0 Å². The fraction of sp³-hybridized carbons (Fsp3) is 0.423. The van der Waals surface area contributed by atoms with Gasteiger partial charge in [0.2, 0.25) is 5.91 Å². The summed E-state index contributed by atoms with van der Waals surface area (Å²) in [7, 11) is 0. The number of hydrogen-bond donors (Lipinski definition) is 0. The van der Waals surface area contributed by atoms with Crippen molar-refractivity contribution in [2.75, 3.05) is 45.0 Å². The van der Waals surface area contributed by atoms with E-state index >= 15 is 0 Å². The van der Waals surface area contributed by atoms with Crippen molar-refractivity contribution in [3.8, 4) is 6.07 Å². The molecule has 2 fully saturated rings. The van der Waals surface area contributed by atoms with Crippen molar-refractivity contribution < 1.29 is 9.59 Å². The lowest BCUT2D eigenvalue weighted by atomic mass is 10.1. The van der Waals surface area contributed by atoms with Crippen LogP contribution in [0.2, 0.25) is 0 Å². The van der Waals surface area contributed by atoms with Crippen LogP contribution in [0.5, 0.6) is 0 Å². The van der Waals surface area contributed by atoms with Gasteiger partial charge in [-0.3, -0.25) is 14.5 Å². The SMILES string of the molecule is N#Cc1ccc(CN2CCCN(C(=O)c3ccccc3SCC(=O)N3CCCC3)CC2)cc1. The predicted octanol–water partition coefficient (Wildman–Crippen LogP) is 3.62. The minimum atomic E-state index is 0.0481. The maximum absolute atomic E-state index is 13.4. The zero-order chi connectivity index (χ0) is 23.0. The summed E-state index contributed by atoms with van der Waals surface area (Å²) < 4.78 is 0. The van der Waals surface area contributed by atoms with Crippen LogP contribution < -0.4 is 0 Å². The first kappa shape index (κ1) is 23.3. The predicted molar refractivity (Wildman–Crippen MR) is 130 cm³/mol. The van der Waals surface area contributed by atoms with Gasteiger partial charge in [0.15, 0.2) is 0 Å². The maximum Gasteiger partial charge on any atom is 0.255 e. The second kappa shape index (κ2) is 11.4. The smallest absolute Gasteiger partial charge is 0.255 e. The lowest BCUT2D eigenvalue weighted by molar-refractivity contribution is -0.127. The van der Waals surface area contributed by atoms with Gasteiger partial charge in [0, 0.05) is 50.7 Å². The van der Waals surface area contributed by atoms with Crippen LogP contribution in [0.3, 0.4) is 0 Å². The van der Waals surface area contributed by atoms with Gasteiger partial charge in [-0.05, 0) is 49.1 Å². The van der Waals surface area contributed by atoms with E-state index in [2.05, 4.69) is 11.0 Å². The van der Waals surface area contributed by atoms with Crippen LogP contribution in [0.15, 0.2) is 53.4 Å². The summed E-state index contributed by atoms with van der Waals surface area (Å²) in [5.74, 6) is 0.586. The van der Waals surface area contributed by atoms with Crippen LogP contribution in [-0.4, -0.2) is 71.5 Å². The molecule has 0 radical (unpaired) electrons. The van der Waals surface area contributed by atoms with E-state index in [-0.39, 0.29) is 11.8 Å². The molecule has 2 heterocycles. The molecule has 0 bridgehead atoms. The zero-order valence-corrected chi connectivity index (χ0v) is 19.7. The van der Waals surface area contributed by atoms with E-state index in [0.717, 1.165) is 63.4 Å². The second-order valence-corrected chi connectivity index (χ2v) is 9.62. The minimum absolute atomic E-state index is 0.0481. The van der Waals surface area contributed by atoms with Crippen LogP contribution in [0, 0.1) is 11.3 Å². The van der Waals surface area contributed by atoms with Crippen molar-refractivity contribution in [2.24, 2.45) is 0 Å². The molecular weight excluding hydrogens is 432 g/mol. The van der Waals surface area contributed by atoms with Gasteiger partial charge in [-0.2, -0.15) is 5.26 Å². The summed E-state index contributed by atoms with van der Waals surface area (Å²) in [5, 5.41) is 8.97. The molecule has 172 valence electrons. The van der Waals surface area contributed by atoms with Crippen LogP contribution in [0.4, 0.5) is 0 Å². The van der Waals surface area contributed by atoms with Gasteiger partial charge < -0.3 is 9.80 Å². The van der Waals surface area contributed by atoms with E-state index in [1.54, 1.807) is 0 Å². The molecule has 0 aliphatic carbocycles. The minimum Gasteiger partial charge on any atom is -0.342 e. The van der Waals surface area contributed by atoms with Crippen LogP contribution >= 0.6 is 11.8 Å². The number of thioether (sulfide) groups is 1. The van der Waals surface area contributed by atoms with Gasteiger partial charge in [0.25, 0.3) is 5.91 Å². The van der Waals surface area contributed by atoms with E-state index in [1.165, 1.54) is 17.3 Å². The summed E-state index contributed by atoms with van der Waals surface area (Å²) >= 11 is 1.47. The second-order valence-electron chi connectivity index (χ2n) is 8.60. The Labute approximate surface area is 200 Å². The van der Waals surface area contributed by atoms with E-state index in [4.69, 9.17) is 5.26 Å². The average Bonchev–Trinajstić information content (AvgIpc) is 3.30. The molecule has 33 heavy (non-hydrogen) atoms. The fourth-order valence-corrected chi connectivity index (χ4v) is 5.36. The Bertz CT molecular complexity index is 1010. The molecule has 0 N–H and O–H groups in total. The highest BCUT2D eigenvalue weighted by Gasteiger charge is 2.23. The molecule has 0 atom stereocenters. The van der Waals surface area contributed by atoms with Crippen molar-refractivity contribution in [3.63, 3.8) is 0 Å². The Hall–Kier alpha value is -2.82. The Kier molecular flexibility index (Phi) is 8.03. The number of carbonyl (C=O) groups excluding carboxylic acids is 2. The standard InChI is InChI=1S/C26H30N4O2S/c27-18-21-8-10-22(11-9-21)19-28-12-5-15-30(17-16-28)26(32)23-6-1-2-7-24(23)33-20-25(31)29-13-3-4-14-29/h1-2,6-11H,3-5,12-17,19-20H2. The van der Waals surface area contributed by atoms with Gasteiger partial charge in [-0.1, -0.05) is 24.3 Å².